The van der Waals surface area contributed by atoms with E-state index in [1.807, 2.05) is 0 Å². The van der Waals surface area contributed by atoms with Crippen molar-refractivity contribution in [1.82, 2.24) is 0 Å². The SMILES string of the molecule is C=CC(N)=O.C=C[Si](C)(C)C. The molecule has 2 nitrogen and oxygen atoms in total. The van der Waals surface area contributed by atoms with Crippen molar-refractivity contribution in [2.45, 2.75) is 19.6 Å². The summed E-state index contributed by atoms with van der Waals surface area (Å²) in [5.41, 5.74) is 6.61. The Morgan fingerprint density at radius 1 is 1.36 bits per heavy atom. The van der Waals surface area contributed by atoms with Crippen molar-refractivity contribution in [3.05, 3.63) is 24.9 Å². The molecule has 2 N–H and O–H groups in total. The highest BCUT2D eigenvalue weighted by Gasteiger charge is 2.03. The molecular formula is C8H17NOSi. The lowest BCUT2D eigenvalue weighted by atomic mass is 10.6. The molecule has 0 atom stereocenters. The fourth-order valence-electron chi connectivity index (χ4n) is 0. The van der Waals surface area contributed by atoms with Crippen LogP contribution in [-0.4, -0.2) is 14.0 Å². The fraction of sp³-hybridized carbons (Fsp3) is 0.375. The third-order valence-corrected chi connectivity index (χ3v) is 2.04. The van der Waals surface area contributed by atoms with E-state index in [0.717, 1.165) is 6.08 Å². The van der Waals surface area contributed by atoms with Gasteiger partial charge in [-0.05, 0) is 6.08 Å². The van der Waals surface area contributed by atoms with E-state index in [9.17, 15) is 4.79 Å². The van der Waals surface area contributed by atoms with Crippen LogP contribution >= 0.6 is 0 Å². The molecule has 0 aromatic heterocycles. The second-order valence-electron chi connectivity index (χ2n) is 3.18. The van der Waals surface area contributed by atoms with Gasteiger partial charge in [0.15, 0.2) is 0 Å². The Kier molecular flexibility index (Phi) is 6.89. The van der Waals surface area contributed by atoms with Crippen molar-refractivity contribution in [3.63, 3.8) is 0 Å². The van der Waals surface area contributed by atoms with Crippen LogP contribution in [-0.2, 0) is 4.79 Å². The largest absolute Gasteiger partial charge is 0.366 e. The lowest BCUT2D eigenvalue weighted by Gasteiger charge is -2.04. The number of carbonyl (C=O) groups excluding carboxylic acids is 1. The molecule has 3 heteroatoms. The lowest BCUT2D eigenvalue weighted by Crippen LogP contribution is -2.14. The molecule has 0 saturated carbocycles. The summed E-state index contributed by atoms with van der Waals surface area (Å²) < 4.78 is 0. The van der Waals surface area contributed by atoms with Crippen molar-refractivity contribution >= 4 is 14.0 Å². The highest BCUT2D eigenvalue weighted by atomic mass is 28.3. The van der Waals surface area contributed by atoms with Crippen LogP contribution in [0, 0.1) is 0 Å². The molecule has 0 spiro atoms. The lowest BCUT2D eigenvalue weighted by molar-refractivity contribution is -0.113. The Morgan fingerprint density at radius 2 is 1.55 bits per heavy atom. The average molecular weight is 171 g/mol. The number of nitrogens with two attached hydrogens (primary N) is 1. The maximum atomic E-state index is 9.47. The van der Waals surface area contributed by atoms with Crippen LogP contribution in [0.1, 0.15) is 0 Å². The van der Waals surface area contributed by atoms with Crippen LogP contribution in [0.2, 0.25) is 19.6 Å². The van der Waals surface area contributed by atoms with Crippen molar-refractivity contribution < 1.29 is 4.79 Å². The third-order valence-electron chi connectivity index (χ3n) is 0.814. The second-order valence-corrected chi connectivity index (χ2v) is 8.32. The number of hydrogen-bond acceptors (Lipinski definition) is 1. The van der Waals surface area contributed by atoms with Crippen LogP contribution in [0.4, 0.5) is 0 Å². The molecule has 0 aliphatic carbocycles. The molecular weight excluding hydrogens is 154 g/mol. The molecule has 0 aliphatic heterocycles. The first-order chi connectivity index (χ1) is 4.83. The normalized spacial score (nSPS) is 9.00. The minimum atomic E-state index is -0.867. The number of amides is 1. The number of hydrogen-bond donors (Lipinski definition) is 1. The molecule has 0 aliphatic rings. The smallest absolute Gasteiger partial charge is 0.240 e. The third kappa shape index (κ3) is 27.1. The summed E-state index contributed by atoms with van der Waals surface area (Å²) in [5, 5.41) is 0. The van der Waals surface area contributed by atoms with Crippen molar-refractivity contribution in [3.8, 4) is 0 Å². The van der Waals surface area contributed by atoms with Gasteiger partial charge >= 0.3 is 0 Å². The molecule has 0 aromatic rings. The molecule has 0 aromatic carbocycles. The van der Waals surface area contributed by atoms with E-state index in [4.69, 9.17) is 0 Å². The predicted molar refractivity (Wildman–Crippen MR) is 52.9 cm³/mol. The molecule has 0 radical (unpaired) electrons. The molecule has 0 saturated heterocycles. The Balaban J connectivity index is 0. The molecule has 11 heavy (non-hydrogen) atoms. The van der Waals surface area contributed by atoms with Gasteiger partial charge in [0, 0.05) is 0 Å². The molecule has 0 unspecified atom stereocenters. The number of carbonyl (C=O) groups is 1. The summed E-state index contributed by atoms with van der Waals surface area (Å²) in [5.74, 6) is -0.481. The van der Waals surface area contributed by atoms with Gasteiger partial charge in [0.25, 0.3) is 0 Å². The van der Waals surface area contributed by atoms with E-state index in [-0.39, 0.29) is 0 Å². The standard InChI is InChI=1S/C5H12Si.C3H5NO/c1-5-6(2,3)4;1-2-3(4)5/h5H,1H2,2-4H3;2H,1H2,(H2,4,5). The van der Waals surface area contributed by atoms with Crippen molar-refractivity contribution in [2.75, 3.05) is 0 Å². The maximum absolute atomic E-state index is 9.47. The highest BCUT2D eigenvalue weighted by molar-refractivity contribution is 6.80. The van der Waals surface area contributed by atoms with Gasteiger partial charge < -0.3 is 5.73 Å². The Bertz CT molecular complexity index is 147. The van der Waals surface area contributed by atoms with Gasteiger partial charge in [-0.3, -0.25) is 4.79 Å². The summed E-state index contributed by atoms with van der Waals surface area (Å²) >= 11 is 0. The van der Waals surface area contributed by atoms with Gasteiger partial charge in [-0.15, -0.1) is 12.3 Å². The van der Waals surface area contributed by atoms with Crippen LogP contribution in [0.5, 0.6) is 0 Å². The van der Waals surface area contributed by atoms with E-state index in [0.29, 0.717) is 0 Å². The fourth-order valence-corrected chi connectivity index (χ4v) is 0. The average Bonchev–Trinajstić information content (AvgIpc) is 1.88. The first-order valence-electron chi connectivity index (χ1n) is 3.39. The Labute approximate surface area is 69.8 Å². The van der Waals surface area contributed by atoms with Crippen LogP contribution in [0.3, 0.4) is 0 Å². The number of rotatable bonds is 2. The predicted octanol–water partition coefficient (Wildman–Crippen LogP) is 1.71. The molecule has 0 fully saturated rings. The second kappa shape index (κ2) is 5.92. The monoisotopic (exact) mass is 171 g/mol. The molecule has 0 bridgehead atoms. The quantitative estimate of drug-likeness (QED) is 0.499. The van der Waals surface area contributed by atoms with Gasteiger partial charge in [0.1, 0.15) is 0 Å². The first kappa shape index (κ1) is 12.8. The van der Waals surface area contributed by atoms with Gasteiger partial charge in [-0.1, -0.05) is 26.2 Å². The molecule has 0 heterocycles. The van der Waals surface area contributed by atoms with Gasteiger partial charge in [-0.25, -0.2) is 0 Å². The van der Waals surface area contributed by atoms with Crippen LogP contribution in [0.25, 0.3) is 0 Å². The van der Waals surface area contributed by atoms with E-state index in [1.54, 1.807) is 0 Å². The number of primary amides is 1. The summed E-state index contributed by atoms with van der Waals surface area (Å²) in [4.78, 5) is 9.47. The first-order valence-corrected chi connectivity index (χ1v) is 6.96. The van der Waals surface area contributed by atoms with Crippen LogP contribution < -0.4 is 5.73 Å². The van der Waals surface area contributed by atoms with Crippen molar-refractivity contribution in [2.24, 2.45) is 5.73 Å². The maximum Gasteiger partial charge on any atom is 0.240 e. The van der Waals surface area contributed by atoms with Gasteiger partial charge in [0.2, 0.25) is 5.91 Å². The zero-order chi connectivity index (χ0) is 9.49. The Hall–Kier alpha value is -0.833. The molecule has 64 valence electrons. The van der Waals surface area contributed by atoms with Gasteiger partial charge in [-0.2, -0.15) is 0 Å². The Morgan fingerprint density at radius 3 is 1.55 bits per heavy atom. The summed E-state index contributed by atoms with van der Waals surface area (Å²) in [6.07, 6.45) is 1.06. The summed E-state index contributed by atoms with van der Waals surface area (Å²) in [6, 6.07) is 0. The van der Waals surface area contributed by atoms with Crippen LogP contribution in [0.15, 0.2) is 24.9 Å². The summed E-state index contributed by atoms with van der Waals surface area (Å²) in [7, 11) is -0.867. The minimum absolute atomic E-state index is 0.481. The molecule has 0 rings (SSSR count). The zero-order valence-corrected chi connectivity index (χ0v) is 8.55. The van der Waals surface area contributed by atoms with E-state index < -0.39 is 14.0 Å². The van der Waals surface area contributed by atoms with Gasteiger partial charge in [0.05, 0.1) is 8.07 Å². The minimum Gasteiger partial charge on any atom is -0.366 e. The summed E-state index contributed by atoms with van der Waals surface area (Å²) in [6.45, 7) is 13.6. The zero-order valence-electron chi connectivity index (χ0n) is 7.55. The van der Waals surface area contributed by atoms with Crippen molar-refractivity contribution in [1.29, 1.82) is 0 Å². The van der Waals surface area contributed by atoms with E-state index in [1.165, 1.54) is 0 Å². The topological polar surface area (TPSA) is 43.1 Å². The van der Waals surface area contributed by atoms with E-state index in [2.05, 4.69) is 44.2 Å². The molecule has 1 amide bonds. The van der Waals surface area contributed by atoms with E-state index >= 15 is 0 Å². The highest BCUT2D eigenvalue weighted by Crippen LogP contribution is 1.98.